The lowest BCUT2D eigenvalue weighted by Crippen LogP contribution is -2.10. The van der Waals surface area contributed by atoms with E-state index in [0.717, 1.165) is 6.42 Å². The van der Waals surface area contributed by atoms with Crippen LogP contribution in [0.25, 0.3) is 0 Å². The van der Waals surface area contributed by atoms with Gasteiger partial charge in [-0.3, -0.25) is 0 Å². The van der Waals surface area contributed by atoms with Gasteiger partial charge in [-0.2, -0.15) is 0 Å². The minimum Gasteiger partial charge on any atom is -0.358 e. The van der Waals surface area contributed by atoms with Gasteiger partial charge in [0.05, 0.1) is 5.92 Å². The average Bonchev–Trinajstić information content (AvgIpc) is 2.77. The zero-order chi connectivity index (χ0) is 11.2. The normalized spacial score (nSPS) is 19.8. The Morgan fingerprint density at radius 3 is 2.59 bits per heavy atom. The number of para-hydroxylation sites is 1. The lowest BCUT2D eigenvalue weighted by Gasteiger charge is -2.21. The smallest absolute Gasteiger partial charge is 0.0511 e. The van der Waals surface area contributed by atoms with Crippen molar-refractivity contribution in [2.75, 3.05) is 5.32 Å². The van der Waals surface area contributed by atoms with Crippen LogP contribution in [-0.4, -0.2) is 0 Å². The lowest BCUT2D eigenvalue weighted by atomic mass is 9.83. The fraction of sp³-hybridized carbons (Fsp3) is 0.125. The Labute approximate surface area is 101 Å². The molecule has 1 heteroatoms. The van der Waals surface area contributed by atoms with Gasteiger partial charge in [-0.1, -0.05) is 48.5 Å². The highest BCUT2D eigenvalue weighted by Gasteiger charge is 2.31. The minimum absolute atomic E-state index is 0.427. The Balaban J connectivity index is 1.97. The molecule has 1 heterocycles. The number of allylic oxidation sites excluding steroid dienone is 2. The molecule has 0 aromatic heterocycles. The van der Waals surface area contributed by atoms with E-state index in [4.69, 9.17) is 0 Å². The number of hydrogen-bond donors (Lipinski definition) is 1. The molecular weight excluding hydrogens is 206 g/mol. The number of hydrogen-bond acceptors (Lipinski definition) is 1. The summed E-state index contributed by atoms with van der Waals surface area (Å²) in [5, 5.41) is 3.54. The highest BCUT2D eigenvalue weighted by atomic mass is 14.9. The van der Waals surface area contributed by atoms with Gasteiger partial charge in [-0.05, 0) is 29.2 Å². The van der Waals surface area contributed by atoms with Crippen molar-refractivity contribution < 1.29 is 0 Å². The summed E-state index contributed by atoms with van der Waals surface area (Å²) in [5.41, 5.74) is 6.94. The molecule has 2 aromatic carbocycles. The number of rotatable bonds is 0. The van der Waals surface area contributed by atoms with Crippen LogP contribution in [0.15, 0.2) is 60.3 Å². The Kier molecular flexibility index (Phi) is 1.72. The molecule has 0 radical (unpaired) electrons. The topological polar surface area (TPSA) is 12.0 Å². The SMILES string of the molecule is C1=C2Nc3ccccc3C2c2ccccc2C1. The summed E-state index contributed by atoms with van der Waals surface area (Å²) in [7, 11) is 0. The molecule has 1 nitrogen and oxygen atoms in total. The number of benzene rings is 2. The molecular formula is C16H13N. The van der Waals surface area contributed by atoms with Gasteiger partial charge in [0.15, 0.2) is 0 Å². The second kappa shape index (κ2) is 3.24. The fourth-order valence-corrected chi connectivity index (χ4v) is 2.98. The van der Waals surface area contributed by atoms with Crippen LogP contribution in [-0.2, 0) is 6.42 Å². The Bertz CT molecular complexity index is 619. The Morgan fingerprint density at radius 1 is 0.882 bits per heavy atom. The summed E-state index contributed by atoms with van der Waals surface area (Å²) in [6, 6.07) is 17.4. The molecule has 82 valence electrons. The third kappa shape index (κ3) is 1.19. The van der Waals surface area contributed by atoms with Gasteiger partial charge in [-0.25, -0.2) is 0 Å². The quantitative estimate of drug-likeness (QED) is 0.712. The maximum absolute atomic E-state index is 3.54. The van der Waals surface area contributed by atoms with Crippen molar-refractivity contribution in [1.82, 2.24) is 0 Å². The molecule has 17 heavy (non-hydrogen) atoms. The molecule has 0 saturated carbocycles. The van der Waals surface area contributed by atoms with Crippen molar-refractivity contribution in [2.45, 2.75) is 12.3 Å². The average molecular weight is 219 g/mol. The fourth-order valence-electron chi connectivity index (χ4n) is 2.98. The minimum atomic E-state index is 0.427. The van der Waals surface area contributed by atoms with Crippen molar-refractivity contribution >= 4 is 5.69 Å². The van der Waals surface area contributed by atoms with Crippen LogP contribution in [0.2, 0.25) is 0 Å². The molecule has 1 aliphatic carbocycles. The molecule has 4 rings (SSSR count). The summed E-state index contributed by atoms with van der Waals surface area (Å²) >= 11 is 0. The van der Waals surface area contributed by atoms with E-state index in [1.54, 1.807) is 0 Å². The van der Waals surface area contributed by atoms with Gasteiger partial charge in [-0.15, -0.1) is 0 Å². The van der Waals surface area contributed by atoms with Crippen LogP contribution in [0, 0.1) is 0 Å². The van der Waals surface area contributed by atoms with Gasteiger partial charge in [0, 0.05) is 11.4 Å². The van der Waals surface area contributed by atoms with E-state index in [0.29, 0.717) is 5.92 Å². The molecule has 2 aromatic rings. The largest absolute Gasteiger partial charge is 0.358 e. The second-order valence-electron chi connectivity index (χ2n) is 4.71. The standard InChI is InChI=1S/C16H13N/c1-2-6-12-11(5-1)9-10-15-16(12)13-7-3-4-8-14(13)17-15/h1-8,10,16-17H,9H2. The van der Waals surface area contributed by atoms with Crippen molar-refractivity contribution in [1.29, 1.82) is 0 Å². The van der Waals surface area contributed by atoms with E-state index in [9.17, 15) is 0 Å². The van der Waals surface area contributed by atoms with Crippen molar-refractivity contribution in [3.05, 3.63) is 77.0 Å². The first-order valence-corrected chi connectivity index (χ1v) is 6.07. The maximum atomic E-state index is 3.54. The maximum Gasteiger partial charge on any atom is 0.0511 e. The predicted molar refractivity (Wildman–Crippen MR) is 70.1 cm³/mol. The molecule has 0 amide bonds. The van der Waals surface area contributed by atoms with Crippen LogP contribution in [0.5, 0.6) is 0 Å². The lowest BCUT2D eigenvalue weighted by molar-refractivity contribution is 0.929. The number of nitrogens with one attached hydrogen (secondary N) is 1. The molecule has 1 atom stereocenters. The van der Waals surface area contributed by atoms with Gasteiger partial charge < -0.3 is 5.32 Å². The molecule has 2 aliphatic rings. The van der Waals surface area contributed by atoms with Gasteiger partial charge in [0.2, 0.25) is 0 Å². The van der Waals surface area contributed by atoms with E-state index in [1.807, 2.05) is 0 Å². The highest BCUT2D eigenvalue weighted by Crippen LogP contribution is 2.45. The van der Waals surface area contributed by atoms with E-state index in [1.165, 1.54) is 28.1 Å². The Morgan fingerprint density at radius 2 is 1.65 bits per heavy atom. The van der Waals surface area contributed by atoms with Gasteiger partial charge in [0.25, 0.3) is 0 Å². The third-order valence-corrected chi connectivity index (χ3v) is 3.77. The summed E-state index contributed by atoms with van der Waals surface area (Å²) in [4.78, 5) is 0. The van der Waals surface area contributed by atoms with E-state index in [2.05, 4.69) is 59.9 Å². The van der Waals surface area contributed by atoms with Crippen molar-refractivity contribution in [2.24, 2.45) is 0 Å². The number of anilines is 1. The summed E-state index contributed by atoms with van der Waals surface area (Å²) in [6.07, 6.45) is 3.37. The second-order valence-corrected chi connectivity index (χ2v) is 4.71. The zero-order valence-electron chi connectivity index (χ0n) is 9.48. The monoisotopic (exact) mass is 219 g/mol. The molecule has 0 spiro atoms. The van der Waals surface area contributed by atoms with Gasteiger partial charge >= 0.3 is 0 Å². The zero-order valence-corrected chi connectivity index (χ0v) is 9.48. The van der Waals surface area contributed by atoms with Gasteiger partial charge in [0.1, 0.15) is 0 Å². The highest BCUT2D eigenvalue weighted by molar-refractivity contribution is 5.70. The van der Waals surface area contributed by atoms with Crippen LogP contribution in [0.3, 0.4) is 0 Å². The first kappa shape index (κ1) is 9.06. The van der Waals surface area contributed by atoms with E-state index < -0.39 is 0 Å². The molecule has 1 N–H and O–H groups in total. The molecule has 1 unspecified atom stereocenters. The van der Waals surface area contributed by atoms with Crippen LogP contribution < -0.4 is 5.32 Å². The molecule has 1 aliphatic heterocycles. The summed E-state index contributed by atoms with van der Waals surface area (Å²) in [5.74, 6) is 0.427. The number of fused-ring (bicyclic) bond motifs is 5. The first-order valence-electron chi connectivity index (χ1n) is 6.07. The summed E-state index contributed by atoms with van der Waals surface area (Å²) in [6.45, 7) is 0. The molecule has 0 saturated heterocycles. The first-order chi connectivity index (χ1) is 8.43. The van der Waals surface area contributed by atoms with Crippen molar-refractivity contribution in [3.8, 4) is 0 Å². The van der Waals surface area contributed by atoms with E-state index in [-0.39, 0.29) is 0 Å². The van der Waals surface area contributed by atoms with Crippen LogP contribution >= 0.6 is 0 Å². The van der Waals surface area contributed by atoms with Crippen LogP contribution in [0.4, 0.5) is 5.69 Å². The Hall–Kier alpha value is -2.02. The van der Waals surface area contributed by atoms with Crippen LogP contribution in [0.1, 0.15) is 22.6 Å². The summed E-state index contributed by atoms with van der Waals surface area (Å²) < 4.78 is 0. The molecule has 0 bridgehead atoms. The predicted octanol–water partition coefficient (Wildman–Crippen LogP) is 3.68. The molecule has 0 fully saturated rings. The van der Waals surface area contributed by atoms with E-state index >= 15 is 0 Å². The van der Waals surface area contributed by atoms with Crippen molar-refractivity contribution in [3.63, 3.8) is 0 Å². The third-order valence-electron chi connectivity index (χ3n) is 3.77.